The Morgan fingerprint density at radius 1 is 1.43 bits per heavy atom. The van der Waals surface area contributed by atoms with Gasteiger partial charge in [-0.1, -0.05) is 12.1 Å². The van der Waals surface area contributed by atoms with E-state index in [1.54, 1.807) is 31.5 Å². The van der Waals surface area contributed by atoms with Gasteiger partial charge >= 0.3 is 51.4 Å². The quantitative estimate of drug-likeness (QED) is 0.408. The van der Waals surface area contributed by atoms with E-state index < -0.39 is 0 Å². The van der Waals surface area contributed by atoms with Crippen molar-refractivity contribution in [2.45, 2.75) is 6.92 Å². The van der Waals surface area contributed by atoms with Gasteiger partial charge in [0.25, 0.3) is 0 Å². The summed E-state index contributed by atoms with van der Waals surface area (Å²) in [7, 11) is 1.60. The van der Waals surface area contributed by atoms with E-state index in [2.05, 4.69) is 10.3 Å². The Balaban J connectivity index is 0. The Bertz CT molecular complexity index is 472. The summed E-state index contributed by atoms with van der Waals surface area (Å²) in [5.74, 6) is 0.586. The van der Waals surface area contributed by atoms with Crippen LogP contribution >= 0.6 is 0 Å². The molecular weight excluding hydrogens is 298 g/mol. The number of aromatic hydroxyl groups is 1. The van der Waals surface area contributed by atoms with E-state index in [1.807, 2.05) is 0 Å². The van der Waals surface area contributed by atoms with Crippen molar-refractivity contribution >= 4 is 11.5 Å². The number of phenols is 1. The predicted octanol–water partition coefficient (Wildman–Crippen LogP) is -0.187. The molecule has 1 aromatic rings. The normalized spacial score (nSPS) is 11.4. The van der Waals surface area contributed by atoms with Gasteiger partial charge in [-0.2, -0.15) is 0 Å². The van der Waals surface area contributed by atoms with Crippen molar-refractivity contribution in [3.05, 3.63) is 54.0 Å². The zero-order chi connectivity index (χ0) is 15.4. The van der Waals surface area contributed by atoms with Crippen LogP contribution < -0.4 is 62.4 Å². The molecule has 21 heavy (non-hydrogen) atoms. The summed E-state index contributed by atoms with van der Waals surface area (Å²) in [5.41, 5.74) is 14.2. The van der Waals surface area contributed by atoms with Crippen LogP contribution in [0, 0.1) is 0 Å². The second-order valence-corrected chi connectivity index (χ2v) is 3.52. The van der Waals surface area contributed by atoms with Crippen molar-refractivity contribution < 1.29 is 60.9 Å². The number of hydrogen-bond acceptors (Lipinski definition) is 3. The van der Waals surface area contributed by atoms with Crippen molar-refractivity contribution in [1.29, 1.82) is 0 Å². The smallest absolute Gasteiger partial charge is 0.697 e. The van der Waals surface area contributed by atoms with Crippen molar-refractivity contribution in [2.24, 2.45) is 10.7 Å². The molecule has 7 heteroatoms. The average Bonchev–Trinajstić information content (AvgIpc) is 2.44. The maximum Gasteiger partial charge on any atom is 1.00 e. The van der Waals surface area contributed by atoms with Crippen molar-refractivity contribution in [2.75, 3.05) is 13.7 Å². The number of halogens is 1. The first-order valence-electron chi connectivity index (χ1n) is 5.97. The van der Waals surface area contributed by atoms with Crippen LogP contribution in [0.1, 0.15) is 12.5 Å². The number of nitrogens with one attached hydrogen (secondary N) is 2. The number of benzene rings is 1. The summed E-state index contributed by atoms with van der Waals surface area (Å²) in [6, 6.07) is 6.41. The second kappa shape index (κ2) is 14.1. The number of amidine groups is 1. The van der Waals surface area contributed by atoms with E-state index >= 15 is 0 Å². The summed E-state index contributed by atoms with van der Waals surface area (Å²) < 4.78 is 10.3. The molecule has 110 valence electrons. The number of nitrogens with two attached hydrogens (primary N) is 1. The largest absolute Gasteiger partial charge is 1.00 e. The molecule has 0 saturated carbocycles. The maximum atomic E-state index is 10.3. The average molecular weight is 318 g/mol. The fourth-order valence-corrected chi connectivity index (χ4v) is 1.06. The Morgan fingerprint density at radius 2 is 1.95 bits per heavy atom. The molecule has 0 aliphatic carbocycles. The fraction of sp³-hybridized carbons (Fsp3) is 0.214. The number of nitrogens with zero attached hydrogens (tertiary/aromatic N) is 1. The topological polar surface area (TPSA) is 94.4 Å². The van der Waals surface area contributed by atoms with E-state index in [-0.39, 0.29) is 63.8 Å². The summed E-state index contributed by atoms with van der Waals surface area (Å²) in [6.07, 6.45) is 4.71. The van der Waals surface area contributed by atoms with E-state index in [1.165, 1.54) is 25.3 Å². The SMILES string of the molecule is CCF.CN=C(N)/C=C\N/C=C(\[NH-])c1ccc(O)cc1.[K+]. The maximum absolute atomic E-state index is 10.3. The number of alkyl halides is 1. The molecule has 0 radical (unpaired) electrons. The zero-order valence-electron chi connectivity index (χ0n) is 12.6. The molecule has 0 amide bonds. The molecule has 0 aliphatic heterocycles. The van der Waals surface area contributed by atoms with Crippen LogP contribution in [0.4, 0.5) is 4.39 Å². The first-order valence-corrected chi connectivity index (χ1v) is 5.97. The Morgan fingerprint density at radius 3 is 2.43 bits per heavy atom. The second-order valence-electron chi connectivity index (χ2n) is 3.52. The van der Waals surface area contributed by atoms with Gasteiger partial charge in [0.1, 0.15) is 11.6 Å². The monoisotopic (exact) mass is 318 g/mol. The summed E-state index contributed by atoms with van der Waals surface area (Å²) in [5, 5.41) is 11.9. The van der Waals surface area contributed by atoms with Crippen LogP contribution in [0.2, 0.25) is 0 Å². The molecule has 0 saturated heterocycles. The number of phenolic OH excluding ortho intramolecular Hbond substituents is 1. The third-order valence-electron chi connectivity index (χ3n) is 2.01. The van der Waals surface area contributed by atoms with Gasteiger partial charge < -0.3 is 21.9 Å². The first-order chi connectivity index (χ1) is 9.54. The summed E-state index contributed by atoms with van der Waals surface area (Å²) >= 11 is 0. The molecule has 5 nitrogen and oxygen atoms in total. The molecule has 5 N–H and O–H groups in total. The Hall–Kier alpha value is -0.864. The molecule has 1 rings (SSSR count). The van der Waals surface area contributed by atoms with Gasteiger partial charge in [-0.15, -0.1) is 5.70 Å². The van der Waals surface area contributed by atoms with Gasteiger partial charge in [-0.25, -0.2) is 0 Å². The molecule has 0 aromatic heterocycles. The van der Waals surface area contributed by atoms with Crippen LogP contribution in [0.3, 0.4) is 0 Å². The van der Waals surface area contributed by atoms with Gasteiger partial charge in [0.05, 0.1) is 6.67 Å². The van der Waals surface area contributed by atoms with Gasteiger partial charge in [-0.05, 0) is 36.9 Å². The molecule has 0 bridgehead atoms. The molecule has 0 atom stereocenters. The Labute approximate surface area is 167 Å². The number of aliphatic imine (C=N–C) groups is 1. The minimum atomic E-state index is -0.250. The van der Waals surface area contributed by atoms with Crippen LogP contribution in [0.25, 0.3) is 11.4 Å². The minimum absolute atomic E-state index is 0. The number of rotatable bonds is 4. The first kappa shape index (κ1) is 22.4. The van der Waals surface area contributed by atoms with Crippen LogP contribution in [-0.4, -0.2) is 24.7 Å². The zero-order valence-corrected chi connectivity index (χ0v) is 15.7. The van der Waals surface area contributed by atoms with E-state index in [4.69, 9.17) is 16.6 Å². The molecule has 1 aromatic carbocycles. The fourth-order valence-electron chi connectivity index (χ4n) is 1.06. The van der Waals surface area contributed by atoms with Crippen LogP contribution in [0.15, 0.2) is 47.7 Å². The van der Waals surface area contributed by atoms with Crippen LogP contribution in [0.5, 0.6) is 5.75 Å². The third kappa shape index (κ3) is 11.5. The molecule has 0 heterocycles. The van der Waals surface area contributed by atoms with Crippen LogP contribution in [-0.2, 0) is 0 Å². The van der Waals surface area contributed by atoms with E-state index in [0.29, 0.717) is 17.1 Å². The standard InChI is InChI=1S/C12H15N4O.C2H5F.K/c1-15-12(14)6-7-16-8-11(13)9-2-4-10(17)5-3-9;1-2-3;/h2-8,13,17H,1H3,(H3,14,15,16);2H2,1H3;/q-1;;+1/b11-8-;;. The van der Waals surface area contributed by atoms with Crippen molar-refractivity contribution in [3.63, 3.8) is 0 Å². The van der Waals surface area contributed by atoms with Crippen molar-refractivity contribution in [3.8, 4) is 5.75 Å². The molecule has 0 spiro atoms. The van der Waals surface area contributed by atoms with Gasteiger partial charge in [-0.3, -0.25) is 9.38 Å². The molecular formula is C14H20FKN4O. The summed E-state index contributed by atoms with van der Waals surface area (Å²) in [6.45, 7) is 1.21. The van der Waals surface area contributed by atoms with Gasteiger partial charge in [0.15, 0.2) is 0 Å². The van der Waals surface area contributed by atoms with Gasteiger partial charge in [0, 0.05) is 13.2 Å². The van der Waals surface area contributed by atoms with Gasteiger partial charge in [0.2, 0.25) is 0 Å². The number of hydrogen-bond donors (Lipinski definition) is 3. The predicted molar refractivity (Wildman–Crippen MR) is 81.9 cm³/mol. The summed E-state index contributed by atoms with van der Waals surface area (Å²) in [4.78, 5) is 3.75. The molecule has 0 aliphatic rings. The Kier molecular flexibility index (Phi) is 15.0. The van der Waals surface area contributed by atoms with E-state index in [0.717, 1.165) is 0 Å². The third-order valence-corrected chi connectivity index (χ3v) is 2.01. The molecule has 0 unspecified atom stereocenters. The minimum Gasteiger partial charge on any atom is -0.697 e. The molecule has 0 fully saturated rings. The van der Waals surface area contributed by atoms with E-state index in [9.17, 15) is 4.39 Å². The van der Waals surface area contributed by atoms with Crippen molar-refractivity contribution in [1.82, 2.24) is 5.32 Å².